The average molecular weight is 285 g/mol. The van der Waals surface area contributed by atoms with Crippen LogP contribution in [0.3, 0.4) is 0 Å². The molecule has 0 spiro atoms. The van der Waals surface area contributed by atoms with Gasteiger partial charge in [0.05, 0.1) is 17.7 Å². The van der Waals surface area contributed by atoms with Crippen LogP contribution in [-0.2, 0) is 0 Å². The Kier molecular flexibility index (Phi) is 3.14. The summed E-state index contributed by atoms with van der Waals surface area (Å²) in [6.45, 7) is 3.83. The van der Waals surface area contributed by atoms with Crippen molar-refractivity contribution in [2.75, 3.05) is 0 Å². The number of carbonyl (C=O) groups excluding carboxylic acids is 1. The number of hydrogen-bond acceptors (Lipinski definition) is 3. The van der Waals surface area contributed by atoms with Gasteiger partial charge in [-0.1, -0.05) is 23.7 Å². The van der Waals surface area contributed by atoms with Crippen LogP contribution in [0.15, 0.2) is 35.3 Å². The predicted molar refractivity (Wildman–Crippen MR) is 80.3 cm³/mol. The maximum absolute atomic E-state index is 12.3. The zero-order valence-electron chi connectivity index (χ0n) is 11.3. The molecular weight excluding hydrogens is 272 g/mol. The Balaban J connectivity index is 2.13. The van der Waals surface area contributed by atoms with Crippen molar-refractivity contribution in [2.45, 2.75) is 20.3 Å². The third-order valence-electron chi connectivity index (χ3n) is 3.35. The summed E-state index contributed by atoms with van der Waals surface area (Å²) >= 11 is 5.88. The van der Waals surface area contributed by atoms with Crippen LogP contribution < -0.4 is 0 Å². The van der Waals surface area contributed by atoms with Gasteiger partial charge in [0.2, 0.25) is 0 Å². The van der Waals surface area contributed by atoms with Crippen molar-refractivity contribution in [2.24, 2.45) is 4.99 Å². The summed E-state index contributed by atoms with van der Waals surface area (Å²) in [5.41, 5.74) is 4.12. The smallest absolute Gasteiger partial charge is 0.172 e. The molecule has 4 heteroatoms. The number of benzene rings is 1. The van der Waals surface area contributed by atoms with E-state index in [2.05, 4.69) is 9.98 Å². The maximum atomic E-state index is 12.3. The normalized spacial score (nSPS) is 13.9. The van der Waals surface area contributed by atoms with Crippen LogP contribution in [0.4, 0.5) is 5.82 Å². The van der Waals surface area contributed by atoms with Crippen molar-refractivity contribution in [3.05, 3.63) is 57.7 Å². The second kappa shape index (κ2) is 4.84. The molecule has 0 saturated carbocycles. The maximum Gasteiger partial charge on any atom is 0.172 e. The van der Waals surface area contributed by atoms with Gasteiger partial charge in [0.1, 0.15) is 0 Å². The van der Waals surface area contributed by atoms with E-state index >= 15 is 0 Å². The highest BCUT2D eigenvalue weighted by Gasteiger charge is 2.24. The molecule has 0 unspecified atom stereocenters. The molecule has 0 bridgehead atoms. The van der Waals surface area contributed by atoms with Crippen LogP contribution in [0, 0.1) is 13.8 Å². The van der Waals surface area contributed by atoms with E-state index in [0.717, 1.165) is 22.5 Å². The minimum atomic E-state index is 0.0740. The van der Waals surface area contributed by atoms with Crippen LogP contribution in [0.1, 0.15) is 33.6 Å². The Morgan fingerprint density at radius 3 is 2.55 bits per heavy atom. The molecule has 20 heavy (non-hydrogen) atoms. The topological polar surface area (TPSA) is 42.3 Å². The van der Waals surface area contributed by atoms with Crippen molar-refractivity contribution in [3.63, 3.8) is 0 Å². The van der Waals surface area contributed by atoms with Crippen LogP contribution in [-0.4, -0.2) is 16.5 Å². The lowest BCUT2D eigenvalue weighted by Gasteiger charge is -2.16. The molecular formula is C16H13ClN2O. The summed E-state index contributed by atoms with van der Waals surface area (Å²) in [5.74, 6) is 0.605. The van der Waals surface area contributed by atoms with E-state index in [1.54, 1.807) is 12.1 Å². The van der Waals surface area contributed by atoms with Crippen molar-refractivity contribution in [1.29, 1.82) is 0 Å². The van der Waals surface area contributed by atoms with Crippen LogP contribution in [0.5, 0.6) is 0 Å². The monoisotopic (exact) mass is 284 g/mol. The lowest BCUT2D eigenvalue weighted by Crippen LogP contribution is -2.16. The fourth-order valence-electron chi connectivity index (χ4n) is 2.46. The summed E-state index contributed by atoms with van der Waals surface area (Å²) < 4.78 is 0. The Labute approximate surface area is 122 Å². The second-order valence-corrected chi connectivity index (χ2v) is 5.38. The van der Waals surface area contributed by atoms with E-state index in [-0.39, 0.29) is 5.78 Å². The first-order valence-corrected chi connectivity index (χ1v) is 6.77. The van der Waals surface area contributed by atoms with E-state index < -0.39 is 0 Å². The van der Waals surface area contributed by atoms with Gasteiger partial charge in [0.25, 0.3) is 0 Å². The van der Waals surface area contributed by atoms with E-state index in [1.807, 2.05) is 32.0 Å². The molecule has 1 aliphatic heterocycles. The van der Waals surface area contributed by atoms with Crippen molar-refractivity contribution < 1.29 is 4.79 Å². The minimum absolute atomic E-state index is 0.0740. The molecule has 1 aromatic carbocycles. The van der Waals surface area contributed by atoms with Gasteiger partial charge in [-0.3, -0.25) is 4.79 Å². The molecule has 3 rings (SSSR count). The molecule has 1 aliphatic rings. The van der Waals surface area contributed by atoms with Gasteiger partial charge in [0.15, 0.2) is 11.6 Å². The lowest BCUT2D eigenvalue weighted by atomic mass is 9.95. The summed E-state index contributed by atoms with van der Waals surface area (Å²) in [4.78, 5) is 21.3. The summed E-state index contributed by atoms with van der Waals surface area (Å²) in [6, 6.07) is 9.27. The Morgan fingerprint density at radius 2 is 1.85 bits per heavy atom. The van der Waals surface area contributed by atoms with E-state index in [9.17, 15) is 4.79 Å². The number of Topliss-reactive ketones (excluding diaryl/α,β-unsaturated/α-hetero) is 1. The molecule has 2 heterocycles. The predicted octanol–water partition coefficient (Wildman–Crippen LogP) is 4.06. The highest BCUT2D eigenvalue weighted by Crippen LogP contribution is 2.29. The molecule has 0 radical (unpaired) electrons. The average Bonchev–Trinajstić information content (AvgIpc) is 2.38. The number of ketones is 1. The highest BCUT2D eigenvalue weighted by molar-refractivity contribution is 6.30. The zero-order chi connectivity index (χ0) is 14.3. The molecule has 0 aliphatic carbocycles. The van der Waals surface area contributed by atoms with Crippen LogP contribution in [0.25, 0.3) is 0 Å². The third-order valence-corrected chi connectivity index (χ3v) is 3.60. The standard InChI is InChI=1S/C16H13ClN2O/c1-9-7-10(2)18-16-15(9)14(20)8-13(19-16)11-3-5-12(17)6-4-11/h3-7H,8H2,1-2H3. The number of halogens is 1. The van der Waals surface area contributed by atoms with E-state index in [0.29, 0.717) is 22.8 Å². The van der Waals surface area contributed by atoms with Gasteiger partial charge < -0.3 is 0 Å². The van der Waals surface area contributed by atoms with Gasteiger partial charge in [-0.25, -0.2) is 9.98 Å². The van der Waals surface area contributed by atoms with Gasteiger partial charge in [-0.05, 0) is 43.2 Å². The summed E-state index contributed by atoms with van der Waals surface area (Å²) in [5, 5.41) is 0.668. The fraction of sp³-hybridized carbons (Fsp3) is 0.188. The van der Waals surface area contributed by atoms with Gasteiger partial charge >= 0.3 is 0 Å². The van der Waals surface area contributed by atoms with E-state index in [1.165, 1.54) is 0 Å². The molecule has 2 aromatic rings. The number of pyridine rings is 1. The van der Waals surface area contributed by atoms with Crippen LogP contribution in [0.2, 0.25) is 5.02 Å². The van der Waals surface area contributed by atoms with Gasteiger partial charge in [0, 0.05) is 10.7 Å². The summed E-state index contributed by atoms with van der Waals surface area (Å²) in [6.07, 6.45) is 0.306. The highest BCUT2D eigenvalue weighted by atomic mass is 35.5. The Morgan fingerprint density at radius 1 is 1.15 bits per heavy atom. The third kappa shape index (κ3) is 2.25. The number of aliphatic imine (C=N–C) groups is 1. The zero-order valence-corrected chi connectivity index (χ0v) is 12.0. The second-order valence-electron chi connectivity index (χ2n) is 4.94. The largest absolute Gasteiger partial charge is 0.294 e. The number of nitrogens with zero attached hydrogens (tertiary/aromatic N) is 2. The first kappa shape index (κ1) is 13.0. The SMILES string of the molecule is Cc1cc(C)c2c(n1)N=C(c1ccc(Cl)cc1)CC2=O. The molecule has 1 aromatic heterocycles. The Bertz CT molecular complexity index is 733. The fourth-order valence-corrected chi connectivity index (χ4v) is 2.59. The van der Waals surface area contributed by atoms with E-state index in [4.69, 9.17) is 11.6 Å². The van der Waals surface area contributed by atoms with Crippen molar-refractivity contribution >= 4 is 28.9 Å². The number of aromatic nitrogens is 1. The number of aryl methyl sites for hydroxylation is 2. The molecule has 0 saturated heterocycles. The van der Waals surface area contributed by atoms with Gasteiger partial charge in [-0.15, -0.1) is 0 Å². The molecule has 0 amide bonds. The summed E-state index contributed by atoms with van der Waals surface area (Å²) in [7, 11) is 0. The first-order valence-electron chi connectivity index (χ1n) is 6.39. The molecule has 0 N–H and O–H groups in total. The molecule has 100 valence electrons. The van der Waals surface area contributed by atoms with Crippen LogP contribution >= 0.6 is 11.6 Å². The van der Waals surface area contributed by atoms with Crippen molar-refractivity contribution in [1.82, 2.24) is 4.98 Å². The first-order chi connectivity index (χ1) is 9.54. The lowest BCUT2D eigenvalue weighted by molar-refractivity contribution is 0.0999. The minimum Gasteiger partial charge on any atom is -0.294 e. The number of carbonyl (C=O) groups is 1. The number of hydrogen-bond donors (Lipinski definition) is 0. The molecule has 3 nitrogen and oxygen atoms in total. The Hall–Kier alpha value is -2.00. The molecule has 0 atom stereocenters. The number of fused-ring (bicyclic) bond motifs is 1. The number of rotatable bonds is 1. The van der Waals surface area contributed by atoms with Crippen molar-refractivity contribution in [3.8, 4) is 0 Å². The molecule has 0 fully saturated rings. The quantitative estimate of drug-likeness (QED) is 0.792. The van der Waals surface area contributed by atoms with Gasteiger partial charge in [-0.2, -0.15) is 0 Å².